The van der Waals surface area contributed by atoms with Gasteiger partial charge in [-0.2, -0.15) is 0 Å². The van der Waals surface area contributed by atoms with Gasteiger partial charge < -0.3 is 15.5 Å². The molecule has 5 heteroatoms. The summed E-state index contributed by atoms with van der Waals surface area (Å²) in [5.41, 5.74) is -0.342. The second-order valence-corrected chi connectivity index (χ2v) is 4.59. The third-order valence-electron chi connectivity index (χ3n) is 2.91. The Bertz CT molecular complexity index is 365. The molecule has 3 N–H and O–H groups in total. The number of hydrogen-bond acceptors (Lipinski definition) is 3. The Morgan fingerprint density at radius 2 is 1.78 bits per heavy atom. The van der Waals surface area contributed by atoms with Gasteiger partial charge in [0.25, 0.3) is 0 Å². The zero-order valence-corrected chi connectivity index (χ0v) is 10.5. The van der Waals surface area contributed by atoms with Gasteiger partial charge in [0.1, 0.15) is 11.6 Å². The van der Waals surface area contributed by atoms with Gasteiger partial charge in [0.15, 0.2) is 0 Å². The van der Waals surface area contributed by atoms with Crippen LogP contribution in [0.3, 0.4) is 0 Å². The molecule has 0 fully saturated rings. The second kappa shape index (κ2) is 6.78. The molecule has 0 saturated carbocycles. The van der Waals surface area contributed by atoms with E-state index in [1.807, 2.05) is 13.8 Å². The van der Waals surface area contributed by atoms with Crippen LogP contribution in [-0.2, 0) is 0 Å². The molecule has 1 aromatic rings. The van der Waals surface area contributed by atoms with Crippen molar-refractivity contribution in [3.8, 4) is 0 Å². The smallest absolute Gasteiger partial charge is 0.131 e. The minimum atomic E-state index is -1.28. The van der Waals surface area contributed by atoms with Gasteiger partial charge in [-0.05, 0) is 18.1 Å². The summed E-state index contributed by atoms with van der Waals surface area (Å²) >= 11 is 0. The summed E-state index contributed by atoms with van der Waals surface area (Å²) in [5, 5.41) is 21.8. The number of hydrogen-bond donors (Lipinski definition) is 3. The lowest BCUT2D eigenvalue weighted by Gasteiger charge is -2.22. The molecule has 0 saturated heterocycles. The number of rotatable bonds is 6. The molecule has 2 atom stereocenters. The lowest BCUT2D eigenvalue weighted by Crippen LogP contribution is -2.39. The zero-order chi connectivity index (χ0) is 13.7. The Hall–Kier alpha value is -1.04. The molecule has 0 bridgehead atoms. The second-order valence-electron chi connectivity index (χ2n) is 4.59. The van der Waals surface area contributed by atoms with Crippen LogP contribution < -0.4 is 5.32 Å². The highest BCUT2D eigenvalue weighted by atomic mass is 19.1. The van der Waals surface area contributed by atoms with Crippen molar-refractivity contribution in [2.45, 2.75) is 26.0 Å². The molecular formula is C13H19F2NO2. The van der Waals surface area contributed by atoms with Crippen molar-refractivity contribution >= 4 is 0 Å². The van der Waals surface area contributed by atoms with Gasteiger partial charge in [0, 0.05) is 12.6 Å². The molecule has 18 heavy (non-hydrogen) atoms. The maximum Gasteiger partial charge on any atom is 0.131 e. The van der Waals surface area contributed by atoms with E-state index in [9.17, 15) is 13.9 Å². The molecular weight excluding hydrogens is 240 g/mol. The molecule has 102 valence electrons. The van der Waals surface area contributed by atoms with E-state index in [4.69, 9.17) is 5.11 Å². The number of nitrogens with one attached hydrogen (secondary N) is 1. The van der Waals surface area contributed by atoms with Crippen molar-refractivity contribution < 1.29 is 19.0 Å². The van der Waals surface area contributed by atoms with Crippen LogP contribution in [0.2, 0.25) is 0 Å². The minimum absolute atomic E-state index is 0.0126. The molecule has 0 aliphatic heterocycles. The van der Waals surface area contributed by atoms with Gasteiger partial charge in [0.05, 0.1) is 18.3 Å². The highest BCUT2D eigenvalue weighted by molar-refractivity contribution is 5.22. The van der Waals surface area contributed by atoms with Crippen LogP contribution in [0.1, 0.15) is 25.5 Å². The number of halogens is 2. The van der Waals surface area contributed by atoms with Crippen molar-refractivity contribution in [2.75, 3.05) is 13.2 Å². The summed E-state index contributed by atoms with van der Waals surface area (Å²) in [6, 6.07) is 3.25. The fourth-order valence-corrected chi connectivity index (χ4v) is 1.71. The fourth-order valence-electron chi connectivity index (χ4n) is 1.71. The van der Waals surface area contributed by atoms with Gasteiger partial charge >= 0.3 is 0 Å². The van der Waals surface area contributed by atoms with Crippen LogP contribution >= 0.6 is 0 Å². The highest BCUT2D eigenvalue weighted by Crippen LogP contribution is 2.20. The largest absolute Gasteiger partial charge is 0.395 e. The van der Waals surface area contributed by atoms with Crippen LogP contribution in [-0.4, -0.2) is 29.4 Å². The first-order chi connectivity index (χ1) is 8.47. The average molecular weight is 259 g/mol. The van der Waals surface area contributed by atoms with Gasteiger partial charge in [-0.3, -0.25) is 0 Å². The average Bonchev–Trinajstić information content (AvgIpc) is 2.29. The Kier molecular flexibility index (Phi) is 5.65. The van der Waals surface area contributed by atoms with Crippen molar-refractivity contribution in [2.24, 2.45) is 5.92 Å². The normalized spacial score (nSPS) is 14.8. The molecule has 2 unspecified atom stereocenters. The van der Waals surface area contributed by atoms with Gasteiger partial charge in [-0.15, -0.1) is 0 Å². The Morgan fingerprint density at radius 3 is 2.22 bits per heavy atom. The summed E-state index contributed by atoms with van der Waals surface area (Å²) in [4.78, 5) is 0. The standard InChI is InChI=1S/C13H19F2NO2/c1-8(2)11(7-17)16-6-12(18)13-9(14)4-3-5-10(13)15/h3-5,8,11-12,16-18H,6-7H2,1-2H3. The highest BCUT2D eigenvalue weighted by Gasteiger charge is 2.19. The van der Waals surface area contributed by atoms with E-state index in [0.717, 1.165) is 12.1 Å². The van der Waals surface area contributed by atoms with E-state index in [2.05, 4.69) is 5.32 Å². The van der Waals surface area contributed by atoms with Crippen LogP contribution in [0, 0.1) is 17.6 Å². The number of aliphatic hydroxyl groups excluding tert-OH is 2. The maximum atomic E-state index is 13.4. The molecule has 3 nitrogen and oxygen atoms in total. The van der Waals surface area contributed by atoms with Gasteiger partial charge in [0.2, 0.25) is 0 Å². The molecule has 0 amide bonds. The van der Waals surface area contributed by atoms with E-state index in [1.54, 1.807) is 0 Å². The third kappa shape index (κ3) is 3.73. The Balaban J connectivity index is 2.68. The SMILES string of the molecule is CC(C)C(CO)NCC(O)c1c(F)cccc1F. The summed E-state index contributed by atoms with van der Waals surface area (Å²) in [5.74, 6) is -1.38. The monoisotopic (exact) mass is 259 g/mol. The molecule has 1 rings (SSSR count). The van der Waals surface area contributed by atoms with E-state index in [1.165, 1.54) is 6.07 Å². The molecule has 0 radical (unpaired) electrons. The first kappa shape index (κ1) is 15.0. The number of benzene rings is 1. The molecule has 0 aliphatic rings. The van der Waals surface area contributed by atoms with Crippen LogP contribution in [0.15, 0.2) is 18.2 Å². The van der Waals surface area contributed by atoms with E-state index in [-0.39, 0.29) is 30.7 Å². The molecule has 0 aromatic heterocycles. The van der Waals surface area contributed by atoms with Crippen LogP contribution in [0.25, 0.3) is 0 Å². The predicted molar refractivity (Wildman–Crippen MR) is 65.0 cm³/mol. The number of aliphatic hydroxyl groups is 2. The van der Waals surface area contributed by atoms with Crippen molar-refractivity contribution in [1.82, 2.24) is 5.32 Å². The Morgan fingerprint density at radius 1 is 1.22 bits per heavy atom. The topological polar surface area (TPSA) is 52.5 Å². The predicted octanol–water partition coefficient (Wildman–Crippen LogP) is 1.60. The molecule has 0 aliphatic carbocycles. The first-order valence-electron chi connectivity index (χ1n) is 5.93. The summed E-state index contributed by atoms with van der Waals surface area (Å²) in [6.07, 6.45) is -1.28. The van der Waals surface area contributed by atoms with E-state index in [0.29, 0.717) is 0 Å². The first-order valence-corrected chi connectivity index (χ1v) is 5.93. The lowest BCUT2D eigenvalue weighted by molar-refractivity contribution is 0.142. The fraction of sp³-hybridized carbons (Fsp3) is 0.538. The minimum Gasteiger partial charge on any atom is -0.395 e. The van der Waals surface area contributed by atoms with Crippen LogP contribution in [0.4, 0.5) is 8.78 Å². The van der Waals surface area contributed by atoms with Gasteiger partial charge in [-0.1, -0.05) is 19.9 Å². The van der Waals surface area contributed by atoms with Crippen molar-refractivity contribution in [3.05, 3.63) is 35.4 Å². The Labute approximate surface area is 105 Å². The van der Waals surface area contributed by atoms with Crippen molar-refractivity contribution in [3.63, 3.8) is 0 Å². The van der Waals surface area contributed by atoms with Crippen LogP contribution in [0.5, 0.6) is 0 Å². The zero-order valence-electron chi connectivity index (χ0n) is 10.5. The molecule has 0 heterocycles. The third-order valence-corrected chi connectivity index (χ3v) is 2.91. The maximum absolute atomic E-state index is 13.4. The van der Waals surface area contributed by atoms with Crippen molar-refractivity contribution in [1.29, 1.82) is 0 Å². The summed E-state index contributed by atoms with van der Waals surface area (Å²) in [7, 11) is 0. The summed E-state index contributed by atoms with van der Waals surface area (Å²) in [6.45, 7) is 3.71. The summed E-state index contributed by atoms with van der Waals surface area (Å²) < 4.78 is 26.8. The molecule has 0 spiro atoms. The molecule has 1 aromatic carbocycles. The quantitative estimate of drug-likeness (QED) is 0.727. The van der Waals surface area contributed by atoms with E-state index >= 15 is 0 Å². The lowest BCUT2D eigenvalue weighted by atomic mass is 10.0. The van der Waals surface area contributed by atoms with E-state index < -0.39 is 17.7 Å². The van der Waals surface area contributed by atoms with Gasteiger partial charge in [-0.25, -0.2) is 8.78 Å².